The van der Waals surface area contributed by atoms with Gasteiger partial charge in [-0.05, 0) is 37.8 Å². The van der Waals surface area contributed by atoms with Gasteiger partial charge in [-0.3, -0.25) is 14.8 Å². The first-order valence-electron chi connectivity index (χ1n) is 7.69. The first kappa shape index (κ1) is 15.8. The SMILES string of the molecule is CC1(C(F)F)CCCN2CC[C@@H](c3cncc(C#N)c3)N2C1=O. The quantitative estimate of drug-likeness (QED) is 0.840. The van der Waals surface area contributed by atoms with Crippen molar-refractivity contribution in [3.05, 3.63) is 29.6 Å². The second kappa shape index (κ2) is 5.85. The van der Waals surface area contributed by atoms with E-state index in [1.54, 1.807) is 12.3 Å². The number of hydrogen-bond acceptors (Lipinski definition) is 4. The van der Waals surface area contributed by atoms with Crippen LogP contribution in [0.25, 0.3) is 0 Å². The van der Waals surface area contributed by atoms with Gasteiger partial charge in [-0.15, -0.1) is 0 Å². The van der Waals surface area contributed by atoms with Crippen LogP contribution < -0.4 is 0 Å². The van der Waals surface area contributed by atoms with Gasteiger partial charge in [-0.1, -0.05) is 0 Å². The molecule has 0 saturated carbocycles. The number of nitrogens with zero attached hydrogens (tertiary/aromatic N) is 4. The Morgan fingerprint density at radius 3 is 2.91 bits per heavy atom. The van der Waals surface area contributed by atoms with E-state index in [4.69, 9.17) is 5.26 Å². The van der Waals surface area contributed by atoms with Crippen molar-refractivity contribution in [2.45, 2.75) is 38.7 Å². The molecule has 0 aliphatic carbocycles. The van der Waals surface area contributed by atoms with Gasteiger partial charge < -0.3 is 0 Å². The van der Waals surface area contributed by atoms with Gasteiger partial charge in [0.15, 0.2) is 0 Å². The Bertz CT molecular complexity index is 660. The average molecular weight is 320 g/mol. The van der Waals surface area contributed by atoms with Gasteiger partial charge in [0.1, 0.15) is 11.5 Å². The Morgan fingerprint density at radius 1 is 1.43 bits per heavy atom. The molecule has 2 fully saturated rings. The summed E-state index contributed by atoms with van der Waals surface area (Å²) in [6, 6.07) is 3.37. The van der Waals surface area contributed by atoms with Crippen LogP contribution in [0.5, 0.6) is 0 Å². The number of alkyl halides is 2. The summed E-state index contributed by atoms with van der Waals surface area (Å²) in [7, 11) is 0. The minimum atomic E-state index is -2.69. The zero-order chi connectivity index (χ0) is 16.6. The number of carbonyl (C=O) groups is 1. The highest BCUT2D eigenvalue weighted by atomic mass is 19.3. The van der Waals surface area contributed by atoms with E-state index in [1.807, 2.05) is 11.1 Å². The molecule has 1 unspecified atom stereocenters. The summed E-state index contributed by atoms with van der Waals surface area (Å²) in [5.41, 5.74) is -0.532. The number of halogens is 2. The molecule has 23 heavy (non-hydrogen) atoms. The minimum Gasteiger partial charge on any atom is -0.273 e. The monoisotopic (exact) mass is 320 g/mol. The van der Waals surface area contributed by atoms with Gasteiger partial charge in [-0.2, -0.15) is 5.26 Å². The number of rotatable bonds is 2. The van der Waals surface area contributed by atoms with E-state index in [2.05, 4.69) is 4.98 Å². The molecular weight excluding hydrogens is 302 g/mol. The summed E-state index contributed by atoms with van der Waals surface area (Å²) in [4.78, 5) is 16.9. The molecule has 1 aromatic heterocycles. The van der Waals surface area contributed by atoms with Gasteiger partial charge >= 0.3 is 0 Å². The zero-order valence-electron chi connectivity index (χ0n) is 12.9. The molecule has 5 nitrogen and oxygen atoms in total. The lowest BCUT2D eigenvalue weighted by atomic mass is 9.84. The van der Waals surface area contributed by atoms with Gasteiger partial charge in [0.2, 0.25) is 5.91 Å². The van der Waals surface area contributed by atoms with Crippen LogP contribution >= 0.6 is 0 Å². The lowest BCUT2D eigenvalue weighted by Crippen LogP contribution is -2.49. The van der Waals surface area contributed by atoms with Crippen molar-refractivity contribution in [3.63, 3.8) is 0 Å². The van der Waals surface area contributed by atoms with E-state index in [9.17, 15) is 13.6 Å². The molecule has 2 aliphatic rings. The van der Waals surface area contributed by atoms with Crippen molar-refractivity contribution in [1.29, 1.82) is 5.26 Å². The minimum absolute atomic E-state index is 0.180. The van der Waals surface area contributed by atoms with Crippen LogP contribution in [0.4, 0.5) is 8.78 Å². The van der Waals surface area contributed by atoms with Crippen molar-refractivity contribution >= 4 is 5.91 Å². The number of aromatic nitrogens is 1. The van der Waals surface area contributed by atoms with Crippen LogP contribution in [0.2, 0.25) is 0 Å². The molecule has 3 heterocycles. The number of hydrazine groups is 1. The fourth-order valence-electron chi connectivity index (χ4n) is 3.40. The Balaban J connectivity index is 1.98. The molecule has 122 valence electrons. The van der Waals surface area contributed by atoms with Crippen LogP contribution in [0, 0.1) is 16.7 Å². The van der Waals surface area contributed by atoms with E-state index >= 15 is 0 Å². The largest absolute Gasteiger partial charge is 0.273 e. The maximum absolute atomic E-state index is 13.5. The van der Waals surface area contributed by atoms with Crippen LogP contribution in [0.3, 0.4) is 0 Å². The molecule has 0 spiro atoms. The molecule has 2 saturated heterocycles. The summed E-state index contributed by atoms with van der Waals surface area (Å²) >= 11 is 0. The number of hydrogen-bond donors (Lipinski definition) is 0. The maximum Gasteiger partial charge on any atom is 0.252 e. The summed E-state index contributed by atoms with van der Waals surface area (Å²) in [6.07, 6.45) is 1.75. The highest BCUT2D eigenvalue weighted by Gasteiger charge is 2.51. The Labute approximate surface area is 133 Å². The van der Waals surface area contributed by atoms with Crippen molar-refractivity contribution < 1.29 is 13.6 Å². The standard InChI is InChI=1S/C16H18F2N4O/c1-16(14(17)18)4-2-5-21-6-3-13(22(21)15(16)23)12-7-11(8-19)9-20-10-12/h7,9-10,13-14H,2-6H2,1H3/t13-,16?/m0/s1. The normalized spacial score (nSPS) is 28.6. The number of fused-ring (bicyclic) bond motifs is 1. The molecule has 0 N–H and O–H groups in total. The molecule has 1 aromatic rings. The number of pyridine rings is 1. The van der Waals surface area contributed by atoms with Crippen molar-refractivity contribution in [2.24, 2.45) is 5.41 Å². The summed E-state index contributed by atoms with van der Waals surface area (Å²) in [5, 5.41) is 12.4. The highest BCUT2D eigenvalue weighted by Crippen LogP contribution is 2.42. The van der Waals surface area contributed by atoms with Crippen molar-refractivity contribution in [3.8, 4) is 6.07 Å². The predicted octanol–water partition coefficient (Wildman–Crippen LogP) is 2.51. The third-order valence-corrected chi connectivity index (χ3v) is 4.82. The van der Waals surface area contributed by atoms with Crippen molar-refractivity contribution in [1.82, 2.24) is 15.0 Å². The van der Waals surface area contributed by atoms with Crippen LogP contribution in [-0.2, 0) is 4.79 Å². The first-order valence-corrected chi connectivity index (χ1v) is 7.69. The van der Waals surface area contributed by atoms with E-state index in [-0.39, 0.29) is 12.5 Å². The van der Waals surface area contributed by atoms with E-state index in [0.29, 0.717) is 31.5 Å². The maximum atomic E-state index is 13.5. The lowest BCUT2D eigenvalue weighted by Gasteiger charge is -2.35. The van der Waals surface area contributed by atoms with Crippen molar-refractivity contribution in [2.75, 3.05) is 13.1 Å². The molecule has 1 amide bonds. The van der Waals surface area contributed by atoms with Crippen LogP contribution in [0.1, 0.15) is 43.4 Å². The molecule has 0 radical (unpaired) electrons. The fourth-order valence-corrected chi connectivity index (χ4v) is 3.40. The lowest BCUT2D eigenvalue weighted by molar-refractivity contribution is -0.164. The molecular formula is C16H18F2N4O. The first-order chi connectivity index (χ1) is 11.0. The second-order valence-electron chi connectivity index (χ2n) is 6.35. The summed E-state index contributed by atoms with van der Waals surface area (Å²) < 4.78 is 27.0. The molecule has 0 bridgehead atoms. The molecule has 0 aromatic carbocycles. The smallest absolute Gasteiger partial charge is 0.252 e. The third kappa shape index (κ3) is 2.57. The predicted molar refractivity (Wildman–Crippen MR) is 78.1 cm³/mol. The topological polar surface area (TPSA) is 60.2 Å². The Hall–Kier alpha value is -2.07. The summed E-state index contributed by atoms with van der Waals surface area (Å²) in [6.45, 7) is 2.59. The zero-order valence-corrected chi connectivity index (χ0v) is 12.9. The highest BCUT2D eigenvalue weighted by molar-refractivity contribution is 5.83. The molecule has 2 aliphatic heterocycles. The Morgan fingerprint density at radius 2 is 2.22 bits per heavy atom. The Kier molecular flexibility index (Phi) is 4.02. The van der Waals surface area contributed by atoms with Crippen LogP contribution in [0.15, 0.2) is 18.5 Å². The summed E-state index contributed by atoms with van der Waals surface area (Å²) in [5.74, 6) is -0.533. The number of nitriles is 1. The van der Waals surface area contributed by atoms with Gasteiger partial charge in [0.25, 0.3) is 6.43 Å². The molecule has 2 atom stereocenters. The van der Waals surface area contributed by atoms with Gasteiger partial charge in [0.05, 0.1) is 11.6 Å². The van der Waals surface area contributed by atoms with E-state index < -0.39 is 17.7 Å². The fraction of sp³-hybridized carbons (Fsp3) is 0.562. The number of amides is 1. The third-order valence-electron chi connectivity index (χ3n) is 4.82. The van der Waals surface area contributed by atoms with E-state index in [0.717, 1.165) is 5.56 Å². The second-order valence-corrected chi connectivity index (χ2v) is 6.35. The number of carbonyl (C=O) groups excluding carboxylic acids is 1. The van der Waals surface area contributed by atoms with E-state index in [1.165, 1.54) is 18.1 Å². The molecule has 3 rings (SSSR count). The van der Waals surface area contributed by atoms with Crippen LogP contribution in [-0.4, -0.2) is 40.4 Å². The molecule has 7 heteroatoms. The average Bonchev–Trinajstić information content (AvgIpc) is 2.92. The van der Waals surface area contributed by atoms with Gasteiger partial charge in [-0.25, -0.2) is 13.8 Å². The van der Waals surface area contributed by atoms with Gasteiger partial charge in [0, 0.05) is 25.5 Å².